The second kappa shape index (κ2) is 5.12. The van der Waals surface area contributed by atoms with E-state index in [4.69, 9.17) is 0 Å². The van der Waals surface area contributed by atoms with Crippen molar-refractivity contribution in [3.05, 3.63) is 34.9 Å². The lowest BCUT2D eigenvalue weighted by Gasteiger charge is -2.23. The zero-order valence-corrected chi connectivity index (χ0v) is 13.7. The fourth-order valence-electron chi connectivity index (χ4n) is 5.87. The lowest BCUT2D eigenvalue weighted by atomic mass is 9.88. The molecule has 5 atom stereocenters. The number of fused-ring (bicyclic) bond motifs is 5. The summed E-state index contributed by atoms with van der Waals surface area (Å²) >= 11 is 0. The third-order valence-corrected chi connectivity index (χ3v) is 6.83. The average molecular weight is 283 g/mol. The Morgan fingerprint density at radius 1 is 1.10 bits per heavy atom. The average Bonchev–Trinajstić information content (AvgIpc) is 2.94. The normalized spacial score (nSPS) is 37.6. The van der Waals surface area contributed by atoms with Gasteiger partial charge in [-0.05, 0) is 85.4 Å². The van der Waals surface area contributed by atoms with E-state index in [-0.39, 0.29) is 0 Å². The van der Waals surface area contributed by atoms with E-state index in [1.54, 1.807) is 17.5 Å². The summed E-state index contributed by atoms with van der Waals surface area (Å²) in [6, 6.07) is 7.80. The summed E-state index contributed by atoms with van der Waals surface area (Å²) in [5, 5.41) is 3.70. The van der Waals surface area contributed by atoms with Crippen LogP contribution in [0.5, 0.6) is 0 Å². The summed E-state index contributed by atoms with van der Waals surface area (Å²) in [5.74, 6) is 5.17. The number of nitrogens with one attached hydrogen (secondary N) is 1. The maximum absolute atomic E-state index is 3.70. The van der Waals surface area contributed by atoms with E-state index < -0.39 is 0 Å². The molecule has 1 aromatic rings. The van der Waals surface area contributed by atoms with E-state index in [0.717, 1.165) is 42.4 Å². The molecule has 2 bridgehead atoms. The highest BCUT2D eigenvalue weighted by Crippen LogP contribution is 2.72. The molecule has 1 nitrogen and oxygen atoms in total. The fourth-order valence-corrected chi connectivity index (χ4v) is 5.87. The Hall–Kier alpha value is -0.820. The first-order chi connectivity index (χ1) is 10.3. The standard InChI is InChI=1S/C20H29N/c1-4-12-6-7-13(5-2)16(10-12)20(21-3)19-17-14-8-9-15(11-14)18(17)19/h6-7,10,14-15,17-21H,4-5,8-9,11H2,1-3H3. The molecule has 3 saturated carbocycles. The SMILES string of the molecule is CCc1ccc(CC)c(C(NC)C2C3C4CCC(C4)C32)c1. The molecular weight excluding hydrogens is 254 g/mol. The maximum atomic E-state index is 3.70. The van der Waals surface area contributed by atoms with Gasteiger partial charge in [-0.3, -0.25) is 0 Å². The third-order valence-electron chi connectivity index (χ3n) is 6.83. The van der Waals surface area contributed by atoms with Gasteiger partial charge in [0.25, 0.3) is 0 Å². The van der Waals surface area contributed by atoms with E-state index in [1.807, 2.05) is 0 Å². The number of benzene rings is 1. The monoisotopic (exact) mass is 283 g/mol. The number of hydrogen-bond acceptors (Lipinski definition) is 1. The van der Waals surface area contributed by atoms with Gasteiger partial charge in [0.15, 0.2) is 0 Å². The Balaban J connectivity index is 1.65. The van der Waals surface area contributed by atoms with Gasteiger partial charge in [0.05, 0.1) is 0 Å². The molecule has 0 heterocycles. The molecule has 0 radical (unpaired) electrons. The number of rotatable bonds is 5. The molecule has 21 heavy (non-hydrogen) atoms. The Morgan fingerprint density at radius 2 is 1.81 bits per heavy atom. The molecular formula is C20H29N. The van der Waals surface area contributed by atoms with E-state index in [2.05, 4.69) is 44.4 Å². The van der Waals surface area contributed by atoms with Gasteiger partial charge in [-0.1, -0.05) is 32.0 Å². The van der Waals surface area contributed by atoms with Crippen LogP contribution in [-0.2, 0) is 12.8 Å². The van der Waals surface area contributed by atoms with Crippen molar-refractivity contribution in [2.24, 2.45) is 29.6 Å². The molecule has 5 unspecified atom stereocenters. The first-order valence-corrected chi connectivity index (χ1v) is 9.07. The smallest absolute Gasteiger partial charge is 0.0354 e. The van der Waals surface area contributed by atoms with Gasteiger partial charge in [0, 0.05) is 6.04 Å². The summed E-state index contributed by atoms with van der Waals surface area (Å²) in [5.41, 5.74) is 4.67. The Morgan fingerprint density at radius 3 is 2.38 bits per heavy atom. The molecule has 1 aromatic carbocycles. The van der Waals surface area contributed by atoms with Gasteiger partial charge in [-0.15, -0.1) is 0 Å². The number of aryl methyl sites for hydroxylation is 2. The molecule has 0 aliphatic heterocycles. The van der Waals surface area contributed by atoms with Gasteiger partial charge < -0.3 is 5.32 Å². The largest absolute Gasteiger partial charge is 0.313 e. The Labute approximate surface area is 129 Å². The van der Waals surface area contributed by atoms with Crippen LogP contribution in [0.15, 0.2) is 18.2 Å². The van der Waals surface area contributed by atoms with Gasteiger partial charge in [-0.25, -0.2) is 0 Å². The van der Waals surface area contributed by atoms with Crippen LogP contribution in [0, 0.1) is 29.6 Å². The zero-order valence-electron chi connectivity index (χ0n) is 13.7. The Bertz CT molecular complexity index is 519. The lowest BCUT2D eigenvalue weighted by Crippen LogP contribution is -2.23. The van der Waals surface area contributed by atoms with Gasteiger partial charge >= 0.3 is 0 Å². The van der Waals surface area contributed by atoms with Crippen molar-refractivity contribution in [2.45, 2.75) is 52.0 Å². The highest BCUT2D eigenvalue weighted by molar-refractivity contribution is 5.37. The summed E-state index contributed by atoms with van der Waals surface area (Å²) in [6.45, 7) is 4.57. The molecule has 1 heteroatoms. The van der Waals surface area contributed by atoms with Gasteiger partial charge in [-0.2, -0.15) is 0 Å². The predicted molar refractivity (Wildman–Crippen MR) is 88.3 cm³/mol. The van der Waals surface area contributed by atoms with Crippen LogP contribution in [0.2, 0.25) is 0 Å². The summed E-state index contributed by atoms with van der Waals surface area (Å²) < 4.78 is 0. The van der Waals surface area contributed by atoms with Crippen molar-refractivity contribution in [1.82, 2.24) is 5.32 Å². The van der Waals surface area contributed by atoms with Gasteiger partial charge in [0.2, 0.25) is 0 Å². The van der Waals surface area contributed by atoms with E-state index in [9.17, 15) is 0 Å². The second-order valence-electron chi connectivity index (χ2n) is 7.57. The molecule has 3 aliphatic rings. The number of hydrogen-bond donors (Lipinski definition) is 1. The quantitative estimate of drug-likeness (QED) is 0.846. The van der Waals surface area contributed by atoms with Gasteiger partial charge in [0.1, 0.15) is 0 Å². The highest BCUT2D eigenvalue weighted by Gasteiger charge is 2.66. The molecule has 1 N–H and O–H groups in total. The molecule has 114 valence electrons. The van der Waals surface area contributed by atoms with Crippen molar-refractivity contribution in [3.63, 3.8) is 0 Å². The Kier molecular flexibility index (Phi) is 3.37. The van der Waals surface area contributed by atoms with Crippen molar-refractivity contribution in [1.29, 1.82) is 0 Å². The van der Waals surface area contributed by atoms with Crippen LogP contribution < -0.4 is 5.32 Å². The van der Waals surface area contributed by atoms with Crippen LogP contribution in [0.1, 0.15) is 55.8 Å². The highest BCUT2D eigenvalue weighted by atomic mass is 14.9. The predicted octanol–water partition coefficient (Wildman–Crippen LogP) is 4.36. The molecule has 0 aromatic heterocycles. The summed E-state index contributed by atoms with van der Waals surface area (Å²) in [4.78, 5) is 0. The fraction of sp³-hybridized carbons (Fsp3) is 0.700. The van der Waals surface area contributed by atoms with Crippen molar-refractivity contribution in [3.8, 4) is 0 Å². The van der Waals surface area contributed by atoms with E-state index >= 15 is 0 Å². The third kappa shape index (κ3) is 2.00. The summed E-state index contributed by atoms with van der Waals surface area (Å²) in [6.07, 6.45) is 6.91. The molecule has 0 amide bonds. The molecule has 0 spiro atoms. The van der Waals surface area contributed by atoms with Crippen LogP contribution in [0.3, 0.4) is 0 Å². The molecule has 3 aliphatic carbocycles. The lowest BCUT2D eigenvalue weighted by molar-refractivity contribution is 0.384. The molecule has 3 fully saturated rings. The minimum Gasteiger partial charge on any atom is -0.313 e. The second-order valence-corrected chi connectivity index (χ2v) is 7.57. The van der Waals surface area contributed by atoms with E-state index in [1.165, 1.54) is 18.4 Å². The van der Waals surface area contributed by atoms with Crippen LogP contribution in [0.4, 0.5) is 0 Å². The maximum Gasteiger partial charge on any atom is 0.0354 e. The first kappa shape index (κ1) is 13.8. The van der Waals surface area contributed by atoms with Crippen LogP contribution >= 0.6 is 0 Å². The first-order valence-electron chi connectivity index (χ1n) is 9.07. The van der Waals surface area contributed by atoms with Crippen molar-refractivity contribution >= 4 is 0 Å². The molecule has 0 saturated heterocycles. The van der Waals surface area contributed by atoms with Crippen LogP contribution in [0.25, 0.3) is 0 Å². The summed E-state index contributed by atoms with van der Waals surface area (Å²) in [7, 11) is 2.18. The minimum absolute atomic E-state index is 0.602. The molecule has 4 rings (SSSR count). The van der Waals surface area contributed by atoms with E-state index in [0.29, 0.717) is 6.04 Å². The van der Waals surface area contributed by atoms with Crippen molar-refractivity contribution < 1.29 is 0 Å². The topological polar surface area (TPSA) is 12.0 Å². The zero-order chi connectivity index (χ0) is 14.6. The minimum atomic E-state index is 0.602. The van der Waals surface area contributed by atoms with Crippen LogP contribution in [-0.4, -0.2) is 7.05 Å². The van der Waals surface area contributed by atoms with Crippen molar-refractivity contribution in [2.75, 3.05) is 7.05 Å².